The number of ether oxygens (including phenoxy) is 2. The molecule has 0 aliphatic carbocycles. The van der Waals surface area contributed by atoms with Crippen molar-refractivity contribution in [3.63, 3.8) is 0 Å². The van der Waals surface area contributed by atoms with Crippen molar-refractivity contribution < 1.29 is 27.5 Å². The average molecular weight is 469 g/mol. The van der Waals surface area contributed by atoms with E-state index >= 15 is 0 Å². The second-order valence-corrected chi connectivity index (χ2v) is 8.75. The van der Waals surface area contributed by atoms with Gasteiger partial charge in [-0.2, -0.15) is 14.8 Å². The molecule has 1 aliphatic rings. The minimum atomic E-state index is -3.94. The number of hydrogen-bond acceptors (Lipinski definition) is 8. The molecule has 12 heteroatoms. The summed E-state index contributed by atoms with van der Waals surface area (Å²) >= 11 is 6.07. The molecule has 166 valence electrons. The standard InChI is InChI=1S/C19H21ClN4O6S/c20-16-4-3-15(13-17(16)31(27,28)24-9-11-29-12-10-24)19(26)30-14-18(25)23(7-1-5-21)8-2-6-22/h3-4,13H,1-2,7-12,14H2. The van der Waals surface area contributed by atoms with Gasteiger partial charge in [0.25, 0.3) is 5.91 Å². The number of nitrogens with zero attached hydrogens (tertiary/aromatic N) is 4. The highest BCUT2D eigenvalue weighted by molar-refractivity contribution is 7.89. The summed E-state index contributed by atoms with van der Waals surface area (Å²) in [5.74, 6) is -1.46. The molecule has 0 saturated carbocycles. The molecule has 0 aromatic heterocycles. The summed E-state index contributed by atoms with van der Waals surface area (Å²) in [6, 6.07) is 7.51. The third kappa shape index (κ3) is 6.64. The van der Waals surface area contributed by atoms with Crippen LogP contribution in [0.15, 0.2) is 23.1 Å². The van der Waals surface area contributed by atoms with Crippen LogP contribution in [0, 0.1) is 22.7 Å². The van der Waals surface area contributed by atoms with Crippen molar-refractivity contribution in [1.29, 1.82) is 10.5 Å². The third-order valence-electron chi connectivity index (χ3n) is 4.42. The first-order valence-corrected chi connectivity index (χ1v) is 11.2. The van der Waals surface area contributed by atoms with Crippen molar-refractivity contribution in [2.45, 2.75) is 17.7 Å². The Bertz CT molecular complexity index is 978. The van der Waals surface area contributed by atoms with Crippen LogP contribution in [0.25, 0.3) is 0 Å². The van der Waals surface area contributed by atoms with Gasteiger partial charge in [-0.05, 0) is 18.2 Å². The van der Waals surface area contributed by atoms with Crippen LogP contribution in [0.2, 0.25) is 5.02 Å². The lowest BCUT2D eigenvalue weighted by Gasteiger charge is -2.26. The Morgan fingerprint density at radius 1 is 1.16 bits per heavy atom. The lowest BCUT2D eigenvalue weighted by Crippen LogP contribution is -2.40. The van der Waals surface area contributed by atoms with E-state index in [4.69, 9.17) is 31.6 Å². The molecular weight excluding hydrogens is 448 g/mol. The monoisotopic (exact) mass is 468 g/mol. The largest absolute Gasteiger partial charge is 0.452 e. The third-order valence-corrected chi connectivity index (χ3v) is 6.80. The highest BCUT2D eigenvalue weighted by atomic mass is 35.5. The van der Waals surface area contributed by atoms with Gasteiger partial charge in [-0.3, -0.25) is 4.79 Å². The zero-order valence-electron chi connectivity index (χ0n) is 16.6. The molecule has 2 rings (SSSR count). The van der Waals surface area contributed by atoms with Gasteiger partial charge in [0.15, 0.2) is 6.61 Å². The summed E-state index contributed by atoms with van der Waals surface area (Å²) in [5, 5.41) is 17.3. The Morgan fingerprint density at radius 2 is 1.77 bits per heavy atom. The molecule has 10 nitrogen and oxygen atoms in total. The van der Waals surface area contributed by atoms with E-state index in [1.165, 1.54) is 21.3 Å². The first kappa shape index (κ1) is 24.6. The van der Waals surface area contributed by atoms with Crippen LogP contribution >= 0.6 is 11.6 Å². The highest BCUT2D eigenvalue weighted by Gasteiger charge is 2.29. The van der Waals surface area contributed by atoms with Crippen LogP contribution in [0.5, 0.6) is 0 Å². The Labute approximate surface area is 185 Å². The van der Waals surface area contributed by atoms with Crippen molar-refractivity contribution in [3.8, 4) is 12.1 Å². The van der Waals surface area contributed by atoms with Gasteiger partial charge in [-0.25, -0.2) is 13.2 Å². The van der Waals surface area contributed by atoms with Gasteiger partial charge in [-0.1, -0.05) is 11.6 Å². The number of rotatable bonds is 9. The van der Waals surface area contributed by atoms with Crippen LogP contribution < -0.4 is 0 Å². The molecule has 1 saturated heterocycles. The number of sulfonamides is 1. The van der Waals surface area contributed by atoms with E-state index in [-0.39, 0.29) is 67.7 Å². The predicted octanol–water partition coefficient (Wildman–Crippen LogP) is 1.17. The van der Waals surface area contributed by atoms with Gasteiger partial charge in [0.2, 0.25) is 10.0 Å². The molecule has 1 fully saturated rings. The first-order chi connectivity index (χ1) is 14.8. The number of nitriles is 2. The maximum atomic E-state index is 12.9. The van der Waals surface area contributed by atoms with Gasteiger partial charge in [0, 0.05) is 26.2 Å². The molecule has 31 heavy (non-hydrogen) atoms. The van der Waals surface area contributed by atoms with E-state index in [9.17, 15) is 18.0 Å². The van der Waals surface area contributed by atoms with E-state index in [0.717, 1.165) is 6.07 Å². The molecular formula is C19H21ClN4O6S. The Balaban J connectivity index is 2.10. The summed E-state index contributed by atoms with van der Waals surface area (Å²) in [6.07, 6.45) is 0.149. The molecule has 0 radical (unpaired) electrons. The summed E-state index contributed by atoms with van der Waals surface area (Å²) in [4.78, 5) is 25.7. The second kappa shape index (κ2) is 11.6. The number of morpholine rings is 1. The summed E-state index contributed by atoms with van der Waals surface area (Å²) in [6.45, 7) is 0.467. The first-order valence-electron chi connectivity index (χ1n) is 9.37. The van der Waals surface area contributed by atoms with Crippen molar-refractivity contribution in [1.82, 2.24) is 9.21 Å². The molecule has 1 aromatic rings. The van der Waals surface area contributed by atoms with Crippen LogP contribution in [0.3, 0.4) is 0 Å². The molecule has 0 atom stereocenters. The predicted molar refractivity (Wildman–Crippen MR) is 108 cm³/mol. The van der Waals surface area contributed by atoms with Crippen LogP contribution in [0.1, 0.15) is 23.2 Å². The number of esters is 1. The smallest absolute Gasteiger partial charge is 0.338 e. The number of benzene rings is 1. The average Bonchev–Trinajstić information content (AvgIpc) is 2.78. The minimum absolute atomic E-state index is 0.0432. The van der Waals surface area contributed by atoms with E-state index in [2.05, 4.69) is 0 Å². The van der Waals surface area contributed by atoms with Crippen molar-refractivity contribution in [2.24, 2.45) is 0 Å². The van der Waals surface area contributed by atoms with Crippen molar-refractivity contribution >= 4 is 33.5 Å². The quantitative estimate of drug-likeness (QED) is 0.492. The van der Waals surface area contributed by atoms with E-state index in [0.29, 0.717) is 0 Å². The SMILES string of the molecule is N#CCCN(CCC#N)C(=O)COC(=O)c1ccc(Cl)c(S(=O)(=O)N2CCOCC2)c1. The summed E-state index contributed by atoms with van der Waals surface area (Å²) < 4.78 is 37.1. The number of carbonyl (C=O) groups excluding carboxylic acids is 2. The molecule has 1 aliphatic heterocycles. The maximum Gasteiger partial charge on any atom is 0.338 e. The van der Waals surface area contributed by atoms with Gasteiger partial charge in [0.1, 0.15) is 4.90 Å². The van der Waals surface area contributed by atoms with Gasteiger partial charge < -0.3 is 14.4 Å². The van der Waals surface area contributed by atoms with Gasteiger partial charge >= 0.3 is 5.97 Å². The number of carbonyl (C=O) groups is 2. The van der Waals surface area contributed by atoms with Crippen LogP contribution in [-0.4, -0.2) is 75.5 Å². The molecule has 1 aromatic carbocycles. The fraction of sp³-hybridized carbons (Fsp3) is 0.474. The van der Waals surface area contributed by atoms with Crippen LogP contribution in [-0.2, 0) is 24.3 Å². The molecule has 0 N–H and O–H groups in total. The lowest BCUT2D eigenvalue weighted by atomic mass is 10.2. The Kier molecular flexibility index (Phi) is 9.21. The number of hydrogen-bond donors (Lipinski definition) is 0. The molecule has 0 bridgehead atoms. The Hall–Kier alpha value is -2.70. The van der Waals surface area contributed by atoms with E-state index < -0.39 is 28.5 Å². The van der Waals surface area contributed by atoms with Gasteiger partial charge in [-0.15, -0.1) is 0 Å². The Morgan fingerprint density at radius 3 is 2.35 bits per heavy atom. The minimum Gasteiger partial charge on any atom is -0.452 e. The molecule has 1 heterocycles. The zero-order chi connectivity index (χ0) is 22.9. The summed E-state index contributed by atoms with van der Waals surface area (Å²) in [5.41, 5.74) is -0.0790. The zero-order valence-corrected chi connectivity index (χ0v) is 18.2. The van der Waals surface area contributed by atoms with E-state index in [1.807, 2.05) is 12.1 Å². The normalized spacial score (nSPS) is 14.3. The molecule has 0 spiro atoms. The number of amides is 1. The van der Waals surface area contributed by atoms with Crippen molar-refractivity contribution in [2.75, 3.05) is 46.0 Å². The topological polar surface area (TPSA) is 141 Å². The number of halogens is 1. The van der Waals surface area contributed by atoms with Crippen LogP contribution in [0.4, 0.5) is 0 Å². The van der Waals surface area contributed by atoms with Crippen molar-refractivity contribution in [3.05, 3.63) is 28.8 Å². The lowest BCUT2D eigenvalue weighted by molar-refractivity contribution is -0.134. The highest BCUT2D eigenvalue weighted by Crippen LogP contribution is 2.26. The molecule has 1 amide bonds. The molecule has 0 unspecified atom stereocenters. The van der Waals surface area contributed by atoms with Gasteiger partial charge in [0.05, 0.1) is 48.8 Å². The summed E-state index contributed by atoms with van der Waals surface area (Å²) in [7, 11) is -3.94. The fourth-order valence-corrected chi connectivity index (χ4v) is 4.70. The van der Waals surface area contributed by atoms with E-state index in [1.54, 1.807) is 0 Å². The second-order valence-electron chi connectivity index (χ2n) is 6.43. The maximum absolute atomic E-state index is 12.9. The fourth-order valence-electron chi connectivity index (χ4n) is 2.79.